The SMILES string of the molecule is CCc1cc(CC=O)ncn1. The molecule has 0 fully saturated rings. The number of hydrogen-bond donors (Lipinski definition) is 0. The maximum absolute atomic E-state index is 10.1. The first kappa shape index (κ1) is 7.85. The summed E-state index contributed by atoms with van der Waals surface area (Å²) in [5, 5.41) is 0. The minimum absolute atomic E-state index is 0.384. The largest absolute Gasteiger partial charge is 0.303 e. The topological polar surface area (TPSA) is 42.9 Å². The van der Waals surface area contributed by atoms with Gasteiger partial charge in [-0.1, -0.05) is 6.92 Å². The molecule has 1 aromatic rings. The molecule has 0 aliphatic rings. The molecule has 0 saturated heterocycles. The average molecular weight is 150 g/mol. The number of carbonyl (C=O) groups is 1. The summed E-state index contributed by atoms with van der Waals surface area (Å²) in [6, 6.07) is 1.86. The maximum atomic E-state index is 10.1. The molecule has 0 amide bonds. The number of aldehydes is 1. The molecule has 0 aliphatic heterocycles. The summed E-state index contributed by atoms with van der Waals surface area (Å²) in [5.41, 5.74) is 1.78. The molecule has 0 unspecified atom stereocenters. The molecule has 1 aromatic heterocycles. The number of hydrogen-bond acceptors (Lipinski definition) is 3. The van der Waals surface area contributed by atoms with Gasteiger partial charge in [0.05, 0.1) is 5.69 Å². The zero-order valence-electron chi connectivity index (χ0n) is 6.45. The van der Waals surface area contributed by atoms with Crippen molar-refractivity contribution in [1.82, 2.24) is 9.97 Å². The van der Waals surface area contributed by atoms with Crippen LogP contribution in [0.2, 0.25) is 0 Å². The second-order valence-electron chi connectivity index (χ2n) is 2.23. The molecule has 0 atom stereocenters. The fourth-order valence-corrected chi connectivity index (χ4v) is 0.834. The third-order valence-electron chi connectivity index (χ3n) is 1.44. The summed E-state index contributed by atoms with van der Waals surface area (Å²) in [5.74, 6) is 0. The van der Waals surface area contributed by atoms with Crippen LogP contribution < -0.4 is 0 Å². The van der Waals surface area contributed by atoms with Gasteiger partial charge in [0.15, 0.2) is 0 Å². The monoisotopic (exact) mass is 150 g/mol. The fraction of sp³-hybridized carbons (Fsp3) is 0.375. The predicted molar refractivity (Wildman–Crippen MR) is 41.2 cm³/mol. The van der Waals surface area contributed by atoms with Gasteiger partial charge in [-0.3, -0.25) is 0 Å². The van der Waals surface area contributed by atoms with Crippen LogP contribution in [-0.2, 0) is 17.6 Å². The standard InChI is InChI=1S/C8H10N2O/c1-2-7-5-8(3-4-11)10-6-9-7/h4-6H,2-3H2,1H3. The smallest absolute Gasteiger partial charge is 0.125 e. The van der Waals surface area contributed by atoms with E-state index < -0.39 is 0 Å². The van der Waals surface area contributed by atoms with Gasteiger partial charge in [0.1, 0.15) is 12.6 Å². The molecule has 0 saturated carbocycles. The lowest BCUT2D eigenvalue weighted by molar-refractivity contribution is -0.107. The highest BCUT2D eigenvalue weighted by molar-refractivity contribution is 5.53. The number of rotatable bonds is 3. The van der Waals surface area contributed by atoms with Crippen LogP contribution in [0.1, 0.15) is 18.3 Å². The molecule has 1 rings (SSSR count). The highest BCUT2D eigenvalue weighted by Gasteiger charge is 1.94. The highest BCUT2D eigenvalue weighted by atomic mass is 16.1. The van der Waals surface area contributed by atoms with E-state index in [4.69, 9.17) is 0 Å². The predicted octanol–water partition coefficient (Wildman–Crippen LogP) is 0.780. The molecule has 58 valence electrons. The van der Waals surface area contributed by atoms with Gasteiger partial charge in [-0.15, -0.1) is 0 Å². The third-order valence-corrected chi connectivity index (χ3v) is 1.44. The summed E-state index contributed by atoms with van der Waals surface area (Å²) < 4.78 is 0. The van der Waals surface area contributed by atoms with Crippen molar-refractivity contribution in [2.75, 3.05) is 0 Å². The van der Waals surface area contributed by atoms with Crippen molar-refractivity contribution in [2.45, 2.75) is 19.8 Å². The second kappa shape index (κ2) is 3.81. The van der Waals surface area contributed by atoms with Crippen molar-refractivity contribution in [1.29, 1.82) is 0 Å². The van der Waals surface area contributed by atoms with E-state index in [-0.39, 0.29) is 0 Å². The molecule has 0 bridgehead atoms. The van der Waals surface area contributed by atoms with E-state index in [1.54, 1.807) is 0 Å². The molecule has 11 heavy (non-hydrogen) atoms. The Kier molecular flexibility index (Phi) is 2.72. The third kappa shape index (κ3) is 2.11. The number of aryl methyl sites for hydroxylation is 1. The molecular weight excluding hydrogens is 140 g/mol. The van der Waals surface area contributed by atoms with Crippen LogP contribution >= 0.6 is 0 Å². The van der Waals surface area contributed by atoms with Crippen LogP contribution in [0.4, 0.5) is 0 Å². The Bertz CT molecular complexity index is 248. The lowest BCUT2D eigenvalue weighted by Gasteiger charge is -1.96. The minimum Gasteiger partial charge on any atom is -0.303 e. The molecule has 1 heterocycles. The van der Waals surface area contributed by atoms with Crippen LogP contribution in [0, 0.1) is 0 Å². The molecule has 0 aromatic carbocycles. The Labute approximate surface area is 65.5 Å². The van der Waals surface area contributed by atoms with Gasteiger partial charge in [0.2, 0.25) is 0 Å². The van der Waals surface area contributed by atoms with Gasteiger partial charge >= 0.3 is 0 Å². The number of carbonyl (C=O) groups excluding carboxylic acids is 1. The lowest BCUT2D eigenvalue weighted by Crippen LogP contribution is -1.95. The number of aromatic nitrogens is 2. The fourth-order valence-electron chi connectivity index (χ4n) is 0.834. The Balaban J connectivity index is 2.82. The zero-order chi connectivity index (χ0) is 8.10. The van der Waals surface area contributed by atoms with Crippen LogP contribution in [0.25, 0.3) is 0 Å². The molecule has 0 spiro atoms. The highest BCUT2D eigenvalue weighted by Crippen LogP contribution is 1.97. The molecule has 0 radical (unpaired) electrons. The van der Waals surface area contributed by atoms with Gasteiger partial charge in [-0.25, -0.2) is 9.97 Å². The molecular formula is C8H10N2O. The van der Waals surface area contributed by atoms with Crippen LogP contribution in [0.5, 0.6) is 0 Å². The van der Waals surface area contributed by atoms with Crippen molar-refractivity contribution in [3.05, 3.63) is 23.8 Å². The summed E-state index contributed by atoms with van der Waals surface area (Å²) >= 11 is 0. The van der Waals surface area contributed by atoms with Crippen molar-refractivity contribution in [2.24, 2.45) is 0 Å². The van der Waals surface area contributed by atoms with E-state index in [2.05, 4.69) is 9.97 Å². The van der Waals surface area contributed by atoms with E-state index in [0.717, 1.165) is 24.1 Å². The van der Waals surface area contributed by atoms with Crippen LogP contribution in [-0.4, -0.2) is 16.3 Å². The van der Waals surface area contributed by atoms with E-state index in [9.17, 15) is 4.79 Å². The van der Waals surface area contributed by atoms with Crippen LogP contribution in [0.15, 0.2) is 12.4 Å². The first-order valence-electron chi connectivity index (χ1n) is 3.60. The quantitative estimate of drug-likeness (QED) is 0.598. The first-order chi connectivity index (χ1) is 5.36. The van der Waals surface area contributed by atoms with E-state index in [1.807, 2.05) is 13.0 Å². The Hall–Kier alpha value is -1.25. The molecule has 3 nitrogen and oxygen atoms in total. The Morgan fingerprint density at radius 2 is 2.18 bits per heavy atom. The van der Waals surface area contributed by atoms with Crippen LogP contribution in [0.3, 0.4) is 0 Å². The zero-order valence-corrected chi connectivity index (χ0v) is 6.45. The summed E-state index contributed by atoms with van der Waals surface area (Å²) in [4.78, 5) is 18.1. The van der Waals surface area contributed by atoms with E-state index in [1.165, 1.54) is 6.33 Å². The van der Waals surface area contributed by atoms with Crippen molar-refractivity contribution in [3.8, 4) is 0 Å². The van der Waals surface area contributed by atoms with E-state index in [0.29, 0.717) is 6.42 Å². The summed E-state index contributed by atoms with van der Waals surface area (Å²) in [7, 11) is 0. The summed E-state index contributed by atoms with van der Waals surface area (Å²) in [6.07, 6.45) is 3.61. The van der Waals surface area contributed by atoms with Gasteiger partial charge in [0.25, 0.3) is 0 Å². The van der Waals surface area contributed by atoms with Crippen molar-refractivity contribution >= 4 is 6.29 Å². The van der Waals surface area contributed by atoms with Gasteiger partial charge in [-0.2, -0.15) is 0 Å². The van der Waals surface area contributed by atoms with Gasteiger partial charge in [-0.05, 0) is 12.5 Å². The van der Waals surface area contributed by atoms with Gasteiger partial charge in [0, 0.05) is 12.1 Å². The summed E-state index contributed by atoms with van der Waals surface area (Å²) in [6.45, 7) is 2.02. The Morgan fingerprint density at radius 1 is 1.45 bits per heavy atom. The van der Waals surface area contributed by atoms with Crippen molar-refractivity contribution in [3.63, 3.8) is 0 Å². The van der Waals surface area contributed by atoms with Crippen molar-refractivity contribution < 1.29 is 4.79 Å². The second-order valence-corrected chi connectivity index (χ2v) is 2.23. The normalized spacial score (nSPS) is 9.55. The lowest BCUT2D eigenvalue weighted by atomic mass is 10.2. The molecule has 0 N–H and O–H groups in total. The molecule has 0 aliphatic carbocycles. The first-order valence-corrected chi connectivity index (χ1v) is 3.60. The number of nitrogens with zero attached hydrogens (tertiary/aromatic N) is 2. The Morgan fingerprint density at radius 3 is 2.82 bits per heavy atom. The maximum Gasteiger partial charge on any atom is 0.125 e. The average Bonchev–Trinajstić information content (AvgIpc) is 2.06. The molecule has 3 heteroatoms. The van der Waals surface area contributed by atoms with Gasteiger partial charge < -0.3 is 4.79 Å². The van der Waals surface area contributed by atoms with E-state index >= 15 is 0 Å². The minimum atomic E-state index is 0.384.